The highest BCUT2D eigenvalue weighted by Gasteiger charge is 2.15. The quantitative estimate of drug-likeness (QED) is 0.879. The fourth-order valence-corrected chi connectivity index (χ4v) is 2.71. The number of hydrogen-bond donors (Lipinski definition) is 2. The fraction of sp³-hybridized carbons (Fsp3) is 0.500. The number of hydrogen-bond acceptors (Lipinski definition) is 2. The highest BCUT2D eigenvalue weighted by molar-refractivity contribution is 9.10. The smallest absolute Gasteiger partial charge is 0.220 e. The van der Waals surface area contributed by atoms with E-state index in [9.17, 15) is 4.79 Å². The molecule has 1 heterocycles. The maximum absolute atomic E-state index is 11.8. The van der Waals surface area contributed by atoms with E-state index in [4.69, 9.17) is 0 Å². The second-order valence-electron chi connectivity index (χ2n) is 4.70. The van der Waals surface area contributed by atoms with Gasteiger partial charge in [-0.1, -0.05) is 34.1 Å². The Labute approximate surface area is 129 Å². The zero-order chi connectivity index (χ0) is 12.8. The van der Waals surface area contributed by atoms with E-state index in [-0.39, 0.29) is 18.3 Å². The summed E-state index contributed by atoms with van der Waals surface area (Å²) in [5.74, 6) is 0.152. The van der Waals surface area contributed by atoms with Gasteiger partial charge in [0.1, 0.15) is 0 Å². The van der Waals surface area contributed by atoms with Gasteiger partial charge >= 0.3 is 0 Å². The number of amides is 1. The van der Waals surface area contributed by atoms with Crippen LogP contribution in [0, 0.1) is 0 Å². The maximum atomic E-state index is 11.8. The Kier molecular flexibility index (Phi) is 7.42. The monoisotopic (exact) mass is 346 g/mol. The zero-order valence-electron chi connectivity index (χ0n) is 10.8. The lowest BCUT2D eigenvalue weighted by Crippen LogP contribution is -2.45. The topological polar surface area (TPSA) is 41.1 Å². The average Bonchev–Trinajstić information content (AvgIpc) is 2.39. The zero-order valence-corrected chi connectivity index (χ0v) is 13.2. The van der Waals surface area contributed by atoms with Crippen molar-refractivity contribution in [3.63, 3.8) is 0 Å². The highest BCUT2D eigenvalue weighted by Crippen LogP contribution is 2.17. The van der Waals surface area contributed by atoms with E-state index in [1.165, 1.54) is 5.56 Å². The van der Waals surface area contributed by atoms with E-state index in [0.717, 1.165) is 36.8 Å². The molecule has 1 aromatic carbocycles. The number of aryl methyl sites for hydroxylation is 1. The van der Waals surface area contributed by atoms with Gasteiger partial charge in [0.15, 0.2) is 0 Å². The first-order valence-electron chi connectivity index (χ1n) is 6.49. The molecule has 2 rings (SSSR count). The van der Waals surface area contributed by atoms with Crippen LogP contribution in [0.4, 0.5) is 0 Å². The van der Waals surface area contributed by atoms with Gasteiger partial charge < -0.3 is 10.6 Å². The molecule has 106 valence electrons. The van der Waals surface area contributed by atoms with Crippen molar-refractivity contribution < 1.29 is 4.79 Å². The normalized spacial score (nSPS) is 18.5. The van der Waals surface area contributed by atoms with Crippen molar-refractivity contribution in [2.45, 2.75) is 31.7 Å². The van der Waals surface area contributed by atoms with Crippen molar-refractivity contribution >= 4 is 34.2 Å². The maximum Gasteiger partial charge on any atom is 0.220 e. The van der Waals surface area contributed by atoms with Crippen molar-refractivity contribution in [1.82, 2.24) is 10.6 Å². The Morgan fingerprint density at radius 3 is 2.89 bits per heavy atom. The Bertz CT molecular complexity index is 408. The molecule has 5 heteroatoms. The Morgan fingerprint density at radius 1 is 1.42 bits per heavy atom. The summed E-state index contributed by atoms with van der Waals surface area (Å²) in [7, 11) is 0. The Morgan fingerprint density at radius 2 is 2.21 bits per heavy atom. The number of carbonyl (C=O) groups excluding carboxylic acids is 1. The molecule has 1 fully saturated rings. The number of piperidine rings is 1. The van der Waals surface area contributed by atoms with Gasteiger partial charge in [0, 0.05) is 23.5 Å². The van der Waals surface area contributed by atoms with Crippen LogP contribution in [0.3, 0.4) is 0 Å². The van der Waals surface area contributed by atoms with E-state index in [0.29, 0.717) is 12.5 Å². The third-order valence-electron chi connectivity index (χ3n) is 3.24. The van der Waals surface area contributed by atoms with Gasteiger partial charge in [-0.2, -0.15) is 0 Å². The lowest BCUT2D eigenvalue weighted by Gasteiger charge is -2.23. The first-order valence-corrected chi connectivity index (χ1v) is 7.28. The van der Waals surface area contributed by atoms with Crippen LogP contribution in [-0.2, 0) is 11.2 Å². The fourth-order valence-electron chi connectivity index (χ4n) is 2.22. The van der Waals surface area contributed by atoms with Crippen molar-refractivity contribution in [3.8, 4) is 0 Å². The largest absolute Gasteiger partial charge is 0.352 e. The van der Waals surface area contributed by atoms with Gasteiger partial charge in [-0.15, -0.1) is 12.4 Å². The molecule has 3 nitrogen and oxygen atoms in total. The first-order chi connectivity index (χ1) is 8.75. The van der Waals surface area contributed by atoms with E-state index in [2.05, 4.69) is 32.6 Å². The van der Waals surface area contributed by atoms with E-state index in [1.54, 1.807) is 0 Å². The van der Waals surface area contributed by atoms with Crippen molar-refractivity contribution in [3.05, 3.63) is 34.3 Å². The van der Waals surface area contributed by atoms with Gasteiger partial charge in [0.25, 0.3) is 0 Å². The summed E-state index contributed by atoms with van der Waals surface area (Å²) in [6.07, 6.45) is 3.58. The van der Waals surface area contributed by atoms with Crippen LogP contribution >= 0.6 is 28.3 Å². The standard InChI is InChI=1S/C14H19BrN2O.ClH/c15-13-6-2-1-4-11(13)7-8-14(18)17-12-5-3-9-16-10-12;/h1-2,4,6,12,16H,3,5,7-10H2,(H,17,18);1H. The molecular weight excluding hydrogens is 328 g/mol. The van der Waals surface area contributed by atoms with Crippen molar-refractivity contribution in [2.75, 3.05) is 13.1 Å². The summed E-state index contributed by atoms with van der Waals surface area (Å²) in [4.78, 5) is 11.8. The minimum absolute atomic E-state index is 0. The summed E-state index contributed by atoms with van der Waals surface area (Å²) in [6.45, 7) is 1.98. The highest BCUT2D eigenvalue weighted by atomic mass is 79.9. The molecule has 1 aromatic rings. The molecule has 1 aliphatic rings. The molecule has 2 N–H and O–H groups in total. The molecule has 0 radical (unpaired) electrons. The summed E-state index contributed by atoms with van der Waals surface area (Å²) >= 11 is 3.50. The molecular formula is C14H20BrClN2O. The molecule has 0 spiro atoms. The number of nitrogens with one attached hydrogen (secondary N) is 2. The van der Waals surface area contributed by atoms with Gasteiger partial charge in [-0.05, 0) is 37.4 Å². The van der Waals surface area contributed by atoms with Crippen LogP contribution in [0.15, 0.2) is 28.7 Å². The van der Waals surface area contributed by atoms with Gasteiger partial charge in [0.2, 0.25) is 5.91 Å². The minimum atomic E-state index is 0. The molecule has 1 saturated heterocycles. The molecule has 1 amide bonds. The minimum Gasteiger partial charge on any atom is -0.352 e. The molecule has 19 heavy (non-hydrogen) atoms. The SMILES string of the molecule is Cl.O=C(CCc1ccccc1Br)NC1CCCNC1. The molecule has 0 aromatic heterocycles. The van der Waals surface area contributed by atoms with Crippen molar-refractivity contribution in [2.24, 2.45) is 0 Å². The predicted molar refractivity (Wildman–Crippen MR) is 83.7 cm³/mol. The van der Waals surface area contributed by atoms with Crippen LogP contribution in [0.25, 0.3) is 0 Å². The van der Waals surface area contributed by atoms with E-state index in [1.807, 2.05) is 18.2 Å². The molecule has 0 saturated carbocycles. The number of benzene rings is 1. The summed E-state index contributed by atoms with van der Waals surface area (Å²) in [5, 5.41) is 6.39. The molecule has 1 unspecified atom stereocenters. The number of rotatable bonds is 4. The molecule has 0 bridgehead atoms. The van der Waals surface area contributed by atoms with Gasteiger partial charge in [-0.3, -0.25) is 4.79 Å². The second kappa shape index (κ2) is 8.56. The molecule has 0 aliphatic carbocycles. The van der Waals surface area contributed by atoms with Crippen LogP contribution in [-0.4, -0.2) is 25.0 Å². The Hall–Kier alpha value is -0.580. The third-order valence-corrected chi connectivity index (χ3v) is 4.01. The lowest BCUT2D eigenvalue weighted by atomic mass is 10.1. The Balaban J connectivity index is 0.00000180. The van der Waals surface area contributed by atoms with E-state index < -0.39 is 0 Å². The lowest BCUT2D eigenvalue weighted by molar-refractivity contribution is -0.121. The van der Waals surface area contributed by atoms with Gasteiger partial charge in [-0.25, -0.2) is 0 Å². The third kappa shape index (κ3) is 5.51. The van der Waals surface area contributed by atoms with Crippen LogP contribution in [0.5, 0.6) is 0 Å². The van der Waals surface area contributed by atoms with Crippen LogP contribution in [0.1, 0.15) is 24.8 Å². The van der Waals surface area contributed by atoms with Crippen LogP contribution in [0.2, 0.25) is 0 Å². The second-order valence-corrected chi connectivity index (χ2v) is 5.56. The predicted octanol–water partition coefficient (Wildman–Crippen LogP) is 2.67. The summed E-state index contributed by atoms with van der Waals surface area (Å²) < 4.78 is 1.08. The van der Waals surface area contributed by atoms with Crippen molar-refractivity contribution in [1.29, 1.82) is 0 Å². The molecule has 1 atom stereocenters. The molecule has 1 aliphatic heterocycles. The van der Waals surface area contributed by atoms with E-state index >= 15 is 0 Å². The van der Waals surface area contributed by atoms with Gasteiger partial charge in [0.05, 0.1) is 0 Å². The average molecular weight is 348 g/mol. The number of halogens is 2. The van der Waals surface area contributed by atoms with Crippen LogP contribution < -0.4 is 10.6 Å². The number of carbonyl (C=O) groups is 1. The first kappa shape index (κ1) is 16.5. The summed E-state index contributed by atoms with van der Waals surface area (Å²) in [5.41, 5.74) is 1.19. The summed E-state index contributed by atoms with van der Waals surface area (Å²) in [6, 6.07) is 8.37.